The van der Waals surface area contributed by atoms with Crippen LogP contribution in [0.5, 0.6) is 0 Å². The molecule has 1 aromatic rings. The SMILES string of the molecule is CCNC(CN(C)c1ccccc1)C1CCOC1. The molecule has 100 valence electrons. The largest absolute Gasteiger partial charge is 0.381 e. The summed E-state index contributed by atoms with van der Waals surface area (Å²) >= 11 is 0. The van der Waals surface area contributed by atoms with Crippen molar-refractivity contribution >= 4 is 5.69 Å². The summed E-state index contributed by atoms with van der Waals surface area (Å²) in [6, 6.07) is 11.1. The lowest BCUT2D eigenvalue weighted by Gasteiger charge is -2.29. The highest BCUT2D eigenvalue weighted by molar-refractivity contribution is 5.45. The number of benzene rings is 1. The number of ether oxygens (including phenoxy) is 1. The molecule has 0 aromatic heterocycles. The quantitative estimate of drug-likeness (QED) is 0.835. The molecule has 0 saturated carbocycles. The summed E-state index contributed by atoms with van der Waals surface area (Å²) in [4.78, 5) is 2.33. The van der Waals surface area contributed by atoms with Crippen LogP contribution in [0.2, 0.25) is 0 Å². The zero-order valence-electron chi connectivity index (χ0n) is 11.4. The van der Waals surface area contributed by atoms with Crippen LogP contribution in [0.25, 0.3) is 0 Å². The summed E-state index contributed by atoms with van der Waals surface area (Å²) in [6.07, 6.45) is 1.18. The van der Waals surface area contributed by atoms with Crippen LogP contribution in [0.3, 0.4) is 0 Å². The molecular weight excluding hydrogens is 224 g/mol. The number of hydrogen-bond acceptors (Lipinski definition) is 3. The molecule has 2 atom stereocenters. The van der Waals surface area contributed by atoms with Gasteiger partial charge in [-0.25, -0.2) is 0 Å². The average molecular weight is 248 g/mol. The van der Waals surface area contributed by atoms with Crippen LogP contribution in [0.4, 0.5) is 5.69 Å². The third kappa shape index (κ3) is 3.47. The second kappa shape index (κ2) is 6.76. The second-order valence-corrected chi connectivity index (χ2v) is 5.00. The minimum absolute atomic E-state index is 0.516. The van der Waals surface area contributed by atoms with E-state index in [1.54, 1.807) is 0 Å². The molecule has 1 N–H and O–H groups in total. The van der Waals surface area contributed by atoms with Gasteiger partial charge in [0.1, 0.15) is 0 Å². The Morgan fingerprint density at radius 2 is 2.17 bits per heavy atom. The van der Waals surface area contributed by atoms with Crippen LogP contribution in [0, 0.1) is 5.92 Å². The minimum Gasteiger partial charge on any atom is -0.381 e. The predicted octanol–water partition coefficient (Wildman–Crippen LogP) is 2.14. The van der Waals surface area contributed by atoms with Crippen molar-refractivity contribution in [3.8, 4) is 0 Å². The minimum atomic E-state index is 0.516. The summed E-state index contributed by atoms with van der Waals surface area (Å²) in [5, 5.41) is 3.60. The Labute approximate surface area is 110 Å². The summed E-state index contributed by atoms with van der Waals surface area (Å²) < 4.78 is 5.51. The van der Waals surface area contributed by atoms with Crippen molar-refractivity contribution < 1.29 is 4.74 Å². The van der Waals surface area contributed by atoms with E-state index in [0.29, 0.717) is 12.0 Å². The van der Waals surface area contributed by atoms with Crippen LogP contribution in [-0.4, -0.2) is 39.4 Å². The van der Waals surface area contributed by atoms with Gasteiger partial charge < -0.3 is 15.0 Å². The standard InChI is InChI=1S/C15H24N2O/c1-3-16-15(13-9-10-18-12-13)11-17(2)14-7-5-4-6-8-14/h4-8,13,15-16H,3,9-12H2,1-2H3. The van der Waals surface area contributed by atoms with E-state index in [1.807, 2.05) is 0 Å². The van der Waals surface area contributed by atoms with E-state index in [4.69, 9.17) is 4.74 Å². The Balaban J connectivity index is 1.95. The lowest BCUT2D eigenvalue weighted by molar-refractivity contribution is 0.177. The van der Waals surface area contributed by atoms with Gasteiger partial charge in [0.05, 0.1) is 6.61 Å². The van der Waals surface area contributed by atoms with Gasteiger partial charge in [-0.15, -0.1) is 0 Å². The monoisotopic (exact) mass is 248 g/mol. The van der Waals surface area contributed by atoms with Crippen molar-refractivity contribution in [3.05, 3.63) is 30.3 Å². The van der Waals surface area contributed by atoms with Crippen molar-refractivity contribution in [2.75, 3.05) is 38.3 Å². The fourth-order valence-electron chi connectivity index (χ4n) is 2.60. The van der Waals surface area contributed by atoms with Gasteiger partial charge in [-0.3, -0.25) is 0 Å². The number of anilines is 1. The van der Waals surface area contributed by atoms with E-state index >= 15 is 0 Å². The molecule has 1 heterocycles. The molecule has 2 unspecified atom stereocenters. The summed E-state index contributed by atoms with van der Waals surface area (Å²) in [6.45, 7) is 6.04. The van der Waals surface area contributed by atoms with Gasteiger partial charge in [0, 0.05) is 37.8 Å². The number of para-hydroxylation sites is 1. The molecule has 3 heteroatoms. The molecule has 1 aromatic carbocycles. The van der Waals surface area contributed by atoms with E-state index in [2.05, 4.69) is 54.5 Å². The van der Waals surface area contributed by atoms with Gasteiger partial charge >= 0.3 is 0 Å². The van der Waals surface area contributed by atoms with Crippen LogP contribution >= 0.6 is 0 Å². The van der Waals surface area contributed by atoms with Crippen molar-refractivity contribution in [2.24, 2.45) is 5.92 Å². The highest BCUT2D eigenvalue weighted by Gasteiger charge is 2.26. The lowest BCUT2D eigenvalue weighted by atomic mass is 9.98. The first-order chi connectivity index (χ1) is 8.81. The maximum Gasteiger partial charge on any atom is 0.0510 e. The Kier molecular flexibility index (Phi) is 5.02. The third-order valence-corrected chi connectivity index (χ3v) is 3.67. The topological polar surface area (TPSA) is 24.5 Å². The molecular formula is C15H24N2O. The van der Waals surface area contributed by atoms with Crippen molar-refractivity contribution in [3.63, 3.8) is 0 Å². The normalized spacial score (nSPS) is 20.9. The third-order valence-electron chi connectivity index (χ3n) is 3.67. The van der Waals surface area contributed by atoms with Crippen LogP contribution in [0.1, 0.15) is 13.3 Å². The molecule has 0 amide bonds. The first-order valence-electron chi connectivity index (χ1n) is 6.88. The lowest BCUT2D eigenvalue weighted by Crippen LogP contribution is -2.45. The van der Waals surface area contributed by atoms with E-state index in [0.717, 1.165) is 26.3 Å². The molecule has 1 aliphatic heterocycles. The number of nitrogens with one attached hydrogen (secondary N) is 1. The van der Waals surface area contributed by atoms with Crippen LogP contribution in [-0.2, 0) is 4.74 Å². The Bertz CT molecular complexity index is 336. The number of likely N-dealkylation sites (N-methyl/N-ethyl adjacent to an activating group) is 2. The van der Waals surface area contributed by atoms with Gasteiger partial charge in [0.2, 0.25) is 0 Å². The fourth-order valence-corrected chi connectivity index (χ4v) is 2.60. The van der Waals surface area contributed by atoms with Crippen LogP contribution in [0.15, 0.2) is 30.3 Å². The summed E-state index contributed by atoms with van der Waals surface area (Å²) in [7, 11) is 2.16. The zero-order valence-corrected chi connectivity index (χ0v) is 11.4. The number of rotatable bonds is 6. The first-order valence-corrected chi connectivity index (χ1v) is 6.88. The molecule has 0 aliphatic carbocycles. The maximum atomic E-state index is 5.51. The molecule has 1 aliphatic rings. The van der Waals surface area contributed by atoms with Crippen LogP contribution < -0.4 is 10.2 Å². The fraction of sp³-hybridized carbons (Fsp3) is 0.600. The van der Waals surface area contributed by atoms with Gasteiger partial charge in [-0.1, -0.05) is 25.1 Å². The smallest absolute Gasteiger partial charge is 0.0510 e. The van der Waals surface area contributed by atoms with E-state index in [1.165, 1.54) is 12.1 Å². The summed E-state index contributed by atoms with van der Waals surface area (Å²) in [5.41, 5.74) is 1.28. The average Bonchev–Trinajstić information content (AvgIpc) is 2.93. The Morgan fingerprint density at radius 1 is 1.39 bits per heavy atom. The molecule has 1 fully saturated rings. The molecule has 1 saturated heterocycles. The van der Waals surface area contributed by atoms with Gasteiger partial charge in [-0.2, -0.15) is 0 Å². The summed E-state index contributed by atoms with van der Waals surface area (Å²) in [5.74, 6) is 0.649. The Morgan fingerprint density at radius 3 is 2.78 bits per heavy atom. The van der Waals surface area contributed by atoms with Crippen molar-refractivity contribution in [1.82, 2.24) is 5.32 Å². The first kappa shape index (κ1) is 13.4. The second-order valence-electron chi connectivity index (χ2n) is 5.00. The molecule has 18 heavy (non-hydrogen) atoms. The van der Waals surface area contributed by atoms with Gasteiger partial charge in [-0.05, 0) is 25.1 Å². The predicted molar refractivity (Wildman–Crippen MR) is 76.1 cm³/mol. The Hall–Kier alpha value is -1.06. The molecule has 2 rings (SSSR count). The molecule has 0 bridgehead atoms. The van der Waals surface area contributed by atoms with Gasteiger partial charge in [0.25, 0.3) is 0 Å². The molecule has 0 spiro atoms. The highest BCUT2D eigenvalue weighted by atomic mass is 16.5. The molecule has 3 nitrogen and oxygen atoms in total. The van der Waals surface area contributed by atoms with Gasteiger partial charge in [0.15, 0.2) is 0 Å². The highest BCUT2D eigenvalue weighted by Crippen LogP contribution is 2.19. The van der Waals surface area contributed by atoms with E-state index < -0.39 is 0 Å². The van der Waals surface area contributed by atoms with E-state index in [9.17, 15) is 0 Å². The zero-order chi connectivity index (χ0) is 12.8. The number of nitrogens with zero attached hydrogens (tertiary/aromatic N) is 1. The molecule has 0 radical (unpaired) electrons. The maximum absolute atomic E-state index is 5.51. The number of hydrogen-bond donors (Lipinski definition) is 1. The van der Waals surface area contributed by atoms with Crippen molar-refractivity contribution in [2.45, 2.75) is 19.4 Å². The van der Waals surface area contributed by atoms with Crippen molar-refractivity contribution in [1.29, 1.82) is 0 Å². The van der Waals surface area contributed by atoms with E-state index in [-0.39, 0.29) is 0 Å².